The molecule has 0 saturated carbocycles. The smallest absolute Gasteiger partial charge is 0.325 e. The lowest BCUT2D eigenvalue weighted by atomic mass is 9.88. The van der Waals surface area contributed by atoms with E-state index in [0.29, 0.717) is 6.54 Å². The van der Waals surface area contributed by atoms with Crippen LogP contribution in [0.25, 0.3) is 10.8 Å². The number of hydrogen-bond donors (Lipinski definition) is 2. The van der Waals surface area contributed by atoms with Gasteiger partial charge in [0.1, 0.15) is 12.1 Å². The molecule has 3 rings (SSSR count). The molecule has 0 aromatic heterocycles. The van der Waals surface area contributed by atoms with Crippen molar-refractivity contribution in [3.8, 4) is 0 Å². The largest absolute Gasteiger partial charge is 0.355 e. The second kappa shape index (κ2) is 7.15. The van der Waals surface area contributed by atoms with Crippen LogP contribution in [0.15, 0.2) is 42.5 Å². The third-order valence-corrected chi connectivity index (χ3v) is 4.76. The van der Waals surface area contributed by atoms with Crippen molar-refractivity contribution in [1.29, 1.82) is 0 Å². The molecule has 6 nitrogen and oxygen atoms in total. The minimum Gasteiger partial charge on any atom is -0.355 e. The van der Waals surface area contributed by atoms with Gasteiger partial charge < -0.3 is 10.6 Å². The van der Waals surface area contributed by atoms with Gasteiger partial charge in [-0.25, -0.2) is 4.79 Å². The summed E-state index contributed by atoms with van der Waals surface area (Å²) in [6.07, 6.45) is 1.82. The zero-order valence-electron chi connectivity index (χ0n) is 15.0. The van der Waals surface area contributed by atoms with Crippen LogP contribution in [0.4, 0.5) is 4.79 Å². The number of carbonyl (C=O) groups excluding carboxylic acids is 3. The highest BCUT2D eigenvalue weighted by Gasteiger charge is 2.50. The van der Waals surface area contributed by atoms with Crippen LogP contribution in [0.1, 0.15) is 32.3 Å². The molecule has 6 heteroatoms. The number of carbonyl (C=O) groups is 3. The summed E-state index contributed by atoms with van der Waals surface area (Å²) in [5.41, 5.74) is -0.468. The molecular formula is C20H23N3O3. The maximum Gasteiger partial charge on any atom is 0.325 e. The van der Waals surface area contributed by atoms with E-state index in [-0.39, 0.29) is 12.5 Å². The molecule has 0 aliphatic carbocycles. The lowest BCUT2D eigenvalue weighted by Gasteiger charge is -2.24. The third kappa shape index (κ3) is 3.14. The Labute approximate surface area is 152 Å². The molecule has 2 aromatic carbocycles. The SMILES string of the molecule is CCCCNC(=O)CN1C(=O)NC(C)(c2cccc3ccccc23)C1=O. The molecule has 1 aliphatic heterocycles. The van der Waals surface area contributed by atoms with Gasteiger partial charge >= 0.3 is 6.03 Å². The van der Waals surface area contributed by atoms with Crippen LogP contribution >= 0.6 is 0 Å². The molecule has 2 aromatic rings. The first-order valence-electron chi connectivity index (χ1n) is 8.86. The van der Waals surface area contributed by atoms with Gasteiger partial charge in [-0.3, -0.25) is 14.5 Å². The summed E-state index contributed by atoms with van der Waals surface area (Å²) in [5.74, 6) is -0.742. The van der Waals surface area contributed by atoms with E-state index < -0.39 is 17.5 Å². The van der Waals surface area contributed by atoms with Gasteiger partial charge in [-0.05, 0) is 29.7 Å². The van der Waals surface area contributed by atoms with E-state index in [4.69, 9.17) is 0 Å². The summed E-state index contributed by atoms with van der Waals surface area (Å²) in [6, 6.07) is 12.8. The molecule has 136 valence electrons. The summed E-state index contributed by atoms with van der Waals surface area (Å²) in [6.45, 7) is 3.98. The Balaban J connectivity index is 1.86. The minimum absolute atomic E-state index is 0.269. The van der Waals surface area contributed by atoms with Crippen molar-refractivity contribution in [2.45, 2.75) is 32.2 Å². The second-order valence-electron chi connectivity index (χ2n) is 6.68. The van der Waals surface area contributed by atoms with Crippen LogP contribution in [-0.2, 0) is 15.1 Å². The van der Waals surface area contributed by atoms with E-state index in [1.54, 1.807) is 6.92 Å². The molecule has 26 heavy (non-hydrogen) atoms. The molecule has 4 amide bonds. The molecule has 0 radical (unpaired) electrons. The molecule has 1 aliphatic rings. The zero-order chi connectivity index (χ0) is 18.7. The van der Waals surface area contributed by atoms with E-state index in [9.17, 15) is 14.4 Å². The number of fused-ring (bicyclic) bond motifs is 1. The van der Waals surface area contributed by atoms with Crippen LogP contribution in [0.5, 0.6) is 0 Å². The molecule has 2 N–H and O–H groups in total. The van der Waals surface area contributed by atoms with Gasteiger partial charge in [-0.2, -0.15) is 0 Å². The molecular weight excluding hydrogens is 330 g/mol. The van der Waals surface area contributed by atoms with E-state index in [1.807, 2.05) is 49.4 Å². The van der Waals surface area contributed by atoms with Crippen molar-refractivity contribution in [3.05, 3.63) is 48.0 Å². The lowest BCUT2D eigenvalue weighted by Crippen LogP contribution is -2.43. The Hall–Kier alpha value is -2.89. The fourth-order valence-electron chi connectivity index (χ4n) is 3.29. The molecule has 1 atom stereocenters. The topological polar surface area (TPSA) is 78.5 Å². The summed E-state index contributed by atoms with van der Waals surface area (Å²) in [5, 5.41) is 7.40. The van der Waals surface area contributed by atoms with Gasteiger partial charge in [0.15, 0.2) is 0 Å². The minimum atomic E-state index is -1.19. The monoisotopic (exact) mass is 353 g/mol. The molecule has 1 unspecified atom stereocenters. The highest BCUT2D eigenvalue weighted by molar-refractivity contribution is 6.10. The fourth-order valence-corrected chi connectivity index (χ4v) is 3.29. The molecule has 1 fully saturated rings. The number of nitrogens with zero attached hydrogens (tertiary/aromatic N) is 1. The van der Waals surface area contributed by atoms with E-state index in [0.717, 1.165) is 34.1 Å². The van der Waals surface area contributed by atoms with Gasteiger partial charge in [-0.15, -0.1) is 0 Å². The van der Waals surface area contributed by atoms with E-state index >= 15 is 0 Å². The van der Waals surface area contributed by atoms with E-state index in [1.165, 1.54) is 0 Å². The van der Waals surface area contributed by atoms with Gasteiger partial charge in [0.05, 0.1) is 0 Å². The van der Waals surface area contributed by atoms with Gasteiger partial charge in [-0.1, -0.05) is 55.8 Å². The number of benzene rings is 2. The summed E-state index contributed by atoms with van der Waals surface area (Å²) >= 11 is 0. The number of amides is 4. The summed E-state index contributed by atoms with van der Waals surface area (Å²) in [4.78, 5) is 38.4. The van der Waals surface area contributed by atoms with Crippen LogP contribution in [-0.4, -0.2) is 35.8 Å². The average molecular weight is 353 g/mol. The third-order valence-electron chi connectivity index (χ3n) is 4.76. The lowest BCUT2D eigenvalue weighted by molar-refractivity contribution is -0.134. The van der Waals surface area contributed by atoms with E-state index in [2.05, 4.69) is 10.6 Å². The standard InChI is InChI=1S/C20H23N3O3/c1-3-4-12-21-17(24)13-23-18(25)20(2,22-19(23)26)16-11-7-9-14-8-5-6-10-15(14)16/h5-11H,3-4,12-13H2,1-2H3,(H,21,24)(H,22,26). The average Bonchev–Trinajstić information content (AvgIpc) is 2.85. The Morgan fingerprint density at radius 1 is 1.15 bits per heavy atom. The number of unbranched alkanes of at least 4 members (excludes halogenated alkanes) is 1. The fraction of sp³-hybridized carbons (Fsp3) is 0.350. The molecule has 0 bridgehead atoms. The predicted octanol–water partition coefficient (Wildman–Crippen LogP) is 2.52. The molecule has 0 spiro atoms. The van der Waals surface area contributed by atoms with Crippen LogP contribution in [0.3, 0.4) is 0 Å². The first-order chi connectivity index (χ1) is 12.5. The van der Waals surface area contributed by atoms with Crippen molar-refractivity contribution >= 4 is 28.6 Å². The Kier molecular flexibility index (Phi) is 4.93. The van der Waals surface area contributed by atoms with Crippen LogP contribution in [0, 0.1) is 0 Å². The number of hydrogen-bond acceptors (Lipinski definition) is 3. The number of urea groups is 1. The van der Waals surface area contributed by atoms with Crippen molar-refractivity contribution in [3.63, 3.8) is 0 Å². The van der Waals surface area contributed by atoms with Crippen molar-refractivity contribution < 1.29 is 14.4 Å². The van der Waals surface area contributed by atoms with Gasteiger partial charge in [0.2, 0.25) is 5.91 Å². The van der Waals surface area contributed by atoms with Gasteiger partial charge in [0.25, 0.3) is 5.91 Å². The number of nitrogens with one attached hydrogen (secondary N) is 2. The molecule has 1 saturated heterocycles. The zero-order valence-corrected chi connectivity index (χ0v) is 15.0. The Morgan fingerprint density at radius 2 is 1.88 bits per heavy atom. The Bertz CT molecular complexity index is 859. The summed E-state index contributed by atoms with van der Waals surface area (Å²) in [7, 11) is 0. The Morgan fingerprint density at radius 3 is 2.65 bits per heavy atom. The molecule has 1 heterocycles. The normalized spacial score (nSPS) is 19.7. The first-order valence-corrected chi connectivity index (χ1v) is 8.86. The van der Waals surface area contributed by atoms with Crippen molar-refractivity contribution in [2.24, 2.45) is 0 Å². The predicted molar refractivity (Wildman–Crippen MR) is 99.5 cm³/mol. The number of imide groups is 1. The van der Waals surface area contributed by atoms with Crippen LogP contribution in [0.2, 0.25) is 0 Å². The number of rotatable bonds is 6. The second-order valence-corrected chi connectivity index (χ2v) is 6.68. The summed E-state index contributed by atoms with van der Waals surface area (Å²) < 4.78 is 0. The van der Waals surface area contributed by atoms with Crippen LogP contribution < -0.4 is 10.6 Å². The maximum atomic E-state index is 13.0. The first kappa shape index (κ1) is 17.9. The van der Waals surface area contributed by atoms with Crippen molar-refractivity contribution in [2.75, 3.05) is 13.1 Å². The maximum absolute atomic E-state index is 13.0. The highest BCUT2D eigenvalue weighted by atomic mass is 16.2. The quantitative estimate of drug-likeness (QED) is 0.619. The van der Waals surface area contributed by atoms with Crippen molar-refractivity contribution in [1.82, 2.24) is 15.5 Å². The van der Waals surface area contributed by atoms with Gasteiger partial charge in [0, 0.05) is 6.54 Å². The highest BCUT2D eigenvalue weighted by Crippen LogP contribution is 2.33.